The van der Waals surface area contributed by atoms with E-state index in [4.69, 9.17) is 23.2 Å². The molecule has 7 heteroatoms. The molecule has 1 N–H and O–H groups in total. The molecule has 0 spiro atoms. The van der Waals surface area contributed by atoms with E-state index < -0.39 is 11.8 Å². The van der Waals surface area contributed by atoms with Crippen molar-refractivity contribution in [1.29, 1.82) is 0 Å². The minimum atomic E-state index is -0.543. The molecule has 1 heterocycles. The molecule has 0 unspecified atom stereocenters. The van der Waals surface area contributed by atoms with Gasteiger partial charge in [-0.15, -0.1) is 0 Å². The summed E-state index contributed by atoms with van der Waals surface area (Å²) in [7, 11) is 0. The molecule has 0 saturated heterocycles. The number of carbonyl (C=O) groups is 2. The van der Waals surface area contributed by atoms with E-state index in [9.17, 15) is 9.59 Å². The minimum Gasteiger partial charge on any atom is -0.350 e. The highest BCUT2D eigenvalue weighted by atomic mass is 79.9. The van der Waals surface area contributed by atoms with Crippen LogP contribution in [0.5, 0.6) is 0 Å². The maximum atomic E-state index is 12.6. The summed E-state index contributed by atoms with van der Waals surface area (Å²) >= 11 is 15.5. The largest absolute Gasteiger partial charge is 0.350 e. The van der Waals surface area contributed by atoms with Crippen molar-refractivity contribution in [2.24, 2.45) is 0 Å². The molecule has 3 rings (SSSR count). The third-order valence-electron chi connectivity index (χ3n) is 3.49. The van der Waals surface area contributed by atoms with Gasteiger partial charge < -0.3 is 5.32 Å². The number of benzene rings is 2. The van der Waals surface area contributed by atoms with Gasteiger partial charge in [0, 0.05) is 15.2 Å². The Balaban J connectivity index is 1.84. The average Bonchev–Trinajstić information content (AvgIpc) is 2.75. The van der Waals surface area contributed by atoms with Crippen molar-refractivity contribution in [3.63, 3.8) is 0 Å². The normalized spacial score (nSPS) is 14.5. The lowest BCUT2D eigenvalue weighted by atomic mass is 10.2. The molecule has 0 saturated carbocycles. The first-order chi connectivity index (χ1) is 11.5. The van der Waals surface area contributed by atoms with Crippen molar-refractivity contribution in [2.75, 3.05) is 5.32 Å². The lowest BCUT2D eigenvalue weighted by molar-refractivity contribution is -0.138. The molecule has 0 aliphatic carbocycles. The molecule has 1 aliphatic rings. The summed E-state index contributed by atoms with van der Waals surface area (Å²) in [5.74, 6) is -1.02. The fourth-order valence-corrected chi connectivity index (χ4v) is 3.13. The van der Waals surface area contributed by atoms with Crippen LogP contribution in [0.2, 0.25) is 5.02 Å². The molecule has 0 bridgehead atoms. The summed E-state index contributed by atoms with van der Waals surface area (Å²) in [4.78, 5) is 26.0. The monoisotopic (exact) mass is 424 g/mol. The Morgan fingerprint density at radius 1 is 1.00 bits per heavy atom. The molecule has 0 radical (unpaired) electrons. The maximum Gasteiger partial charge on any atom is 0.279 e. The summed E-state index contributed by atoms with van der Waals surface area (Å²) in [5.41, 5.74) is 1.39. The van der Waals surface area contributed by atoms with Crippen molar-refractivity contribution >= 4 is 56.6 Å². The van der Waals surface area contributed by atoms with Gasteiger partial charge in [0.25, 0.3) is 11.8 Å². The van der Waals surface area contributed by atoms with Crippen LogP contribution in [-0.4, -0.2) is 16.7 Å². The van der Waals surface area contributed by atoms with Gasteiger partial charge in [-0.1, -0.05) is 63.4 Å². The molecule has 2 aromatic rings. The van der Waals surface area contributed by atoms with Gasteiger partial charge >= 0.3 is 0 Å². The zero-order chi connectivity index (χ0) is 17.3. The summed E-state index contributed by atoms with van der Waals surface area (Å²) in [6, 6.07) is 14.3. The number of imide groups is 1. The van der Waals surface area contributed by atoms with Gasteiger partial charge in [-0.3, -0.25) is 14.5 Å². The van der Waals surface area contributed by atoms with Crippen molar-refractivity contribution in [1.82, 2.24) is 4.90 Å². The zero-order valence-corrected chi connectivity index (χ0v) is 15.3. The zero-order valence-electron chi connectivity index (χ0n) is 12.2. The lowest BCUT2D eigenvalue weighted by Gasteiger charge is -2.16. The van der Waals surface area contributed by atoms with E-state index in [-0.39, 0.29) is 17.3 Å². The summed E-state index contributed by atoms with van der Waals surface area (Å²) in [6.07, 6.45) is 0. The minimum absolute atomic E-state index is 0.0619. The topological polar surface area (TPSA) is 49.4 Å². The molecule has 2 aromatic carbocycles. The van der Waals surface area contributed by atoms with Crippen molar-refractivity contribution < 1.29 is 9.59 Å². The Kier molecular flexibility index (Phi) is 4.94. The van der Waals surface area contributed by atoms with Crippen LogP contribution in [0.25, 0.3) is 0 Å². The predicted octanol–water partition coefficient (Wildman–Crippen LogP) is 4.53. The van der Waals surface area contributed by atoms with Gasteiger partial charge in [-0.25, -0.2) is 0 Å². The van der Waals surface area contributed by atoms with E-state index in [1.165, 1.54) is 0 Å². The van der Waals surface area contributed by atoms with Gasteiger partial charge in [-0.05, 0) is 29.8 Å². The van der Waals surface area contributed by atoms with E-state index in [1.807, 2.05) is 12.1 Å². The van der Waals surface area contributed by atoms with Crippen LogP contribution in [0.15, 0.2) is 63.7 Å². The Hall–Kier alpha value is -1.82. The van der Waals surface area contributed by atoms with E-state index in [0.29, 0.717) is 16.3 Å². The highest BCUT2D eigenvalue weighted by Crippen LogP contribution is 2.29. The molecule has 2 amide bonds. The van der Waals surface area contributed by atoms with Crippen molar-refractivity contribution in [2.45, 2.75) is 6.54 Å². The quantitative estimate of drug-likeness (QED) is 0.732. The van der Waals surface area contributed by atoms with Gasteiger partial charge in [0.15, 0.2) is 0 Å². The second-order valence-electron chi connectivity index (χ2n) is 5.11. The number of hydrogen-bond donors (Lipinski definition) is 1. The number of hydrogen-bond acceptors (Lipinski definition) is 3. The molecule has 4 nitrogen and oxygen atoms in total. The molecular formula is C17H11BrCl2N2O2. The van der Waals surface area contributed by atoms with Gasteiger partial charge in [0.05, 0.1) is 6.54 Å². The first-order valence-corrected chi connectivity index (χ1v) is 8.54. The number of rotatable bonds is 4. The fraction of sp³-hybridized carbons (Fsp3) is 0.0588. The lowest BCUT2D eigenvalue weighted by Crippen LogP contribution is -2.31. The second kappa shape index (κ2) is 6.97. The van der Waals surface area contributed by atoms with Gasteiger partial charge in [0.2, 0.25) is 0 Å². The summed E-state index contributed by atoms with van der Waals surface area (Å²) in [6.45, 7) is 0.0667. The van der Waals surface area contributed by atoms with E-state index in [2.05, 4.69) is 21.2 Å². The van der Waals surface area contributed by atoms with Crippen LogP contribution < -0.4 is 5.32 Å². The molecule has 0 fully saturated rings. The number of anilines is 1. The number of amides is 2. The highest BCUT2D eigenvalue weighted by Gasteiger charge is 2.38. The van der Waals surface area contributed by atoms with Crippen molar-refractivity contribution in [3.05, 3.63) is 74.3 Å². The third-order valence-corrected chi connectivity index (χ3v) is 4.70. The van der Waals surface area contributed by atoms with Gasteiger partial charge in [0.1, 0.15) is 10.7 Å². The SMILES string of the molecule is O=C1C(Cl)=C(Nc2cccc(Br)c2)C(=O)N1Cc1ccccc1Cl. The molecule has 0 atom stereocenters. The average molecular weight is 426 g/mol. The van der Waals surface area contributed by atoms with Crippen LogP contribution in [0.3, 0.4) is 0 Å². The van der Waals surface area contributed by atoms with Crippen LogP contribution >= 0.6 is 39.1 Å². The Morgan fingerprint density at radius 3 is 2.46 bits per heavy atom. The molecular weight excluding hydrogens is 415 g/mol. The molecule has 24 heavy (non-hydrogen) atoms. The number of nitrogens with one attached hydrogen (secondary N) is 1. The third kappa shape index (κ3) is 3.34. The summed E-state index contributed by atoms with van der Waals surface area (Å²) < 4.78 is 0.842. The van der Waals surface area contributed by atoms with Crippen LogP contribution in [-0.2, 0) is 16.1 Å². The molecule has 1 aliphatic heterocycles. The first kappa shape index (κ1) is 17.0. The van der Waals surface area contributed by atoms with Crippen LogP contribution in [0, 0.1) is 0 Å². The second-order valence-corrected chi connectivity index (χ2v) is 6.81. The number of carbonyl (C=O) groups excluding carboxylic acids is 2. The molecule has 0 aromatic heterocycles. The van der Waals surface area contributed by atoms with E-state index in [0.717, 1.165) is 9.37 Å². The predicted molar refractivity (Wildman–Crippen MR) is 97.7 cm³/mol. The fourth-order valence-electron chi connectivity index (χ4n) is 2.31. The van der Waals surface area contributed by atoms with E-state index >= 15 is 0 Å². The van der Waals surface area contributed by atoms with Gasteiger partial charge in [-0.2, -0.15) is 0 Å². The van der Waals surface area contributed by atoms with Crippen molar-refractivity contribution in [3.8, 4) is 0 Å². The van der Waals surface area contributed by atoms with E-state index in [1.54, 1.807) is 36.4 Å². The van der Waals surface area contributed by atoms with Crippen LogP contribution in [0.4, 0.5) is 5.69 Å². The highest BCUT2D eigenvalue weighted by molar-refractivity contribution is 9.10. The Morgan fingerprint density at radius 2 is 1.75 bits per heavy atom. The number of halogens is 3. The Bertz CT molecular complexity index is 867. The maximum absolute atomic E-state index is 12.6. The molecule has 122 valence electrons. The van der Waals surface area contributed by atoms with Crippen LogP contribution in [0.1, 0.15) is 5.56 Å². The smallest absolute Gasteiger partial charge is 0.279 e. The first-order valence-electron chi connectivity index (χ1n) is 6.99. The Labute approximate surface area is 157 Å². The number of nitrogens with zero attached hydrogens (tertiary/aromatic N) is 1. The standard InChI is InChI=1S/C17H11BrCl2N2O2/c18-11-5-3-6-12(8-11)21-15-14(20)16(23)22(17(15)24)9-10-4-1-2-7-13(10)19/h1-8,21H,9H2. The summed E-state index contributed by atoms with van der Waals surface area (Å²) in [5, 5.41) is 3.27.